The summed E-state index contributed by atoms with van der Waals surface area (Å²) >= 11 is 6.04. The Balaban J connectivity index is 2.11. The zero-order valence-electron chi connectivity index (χ0n) is 14.3. The van der Waals surface area contributed by atoms with E-state index < -0.39 is 12.1 Å². The van der Waals surface area contributed by atoms with Crippen LogP contribution in [0.4, 0.5) is 5.69 Å². The second-order valence-electron chi connectivity index (χ2n) is 5.38. The molecule has 0 bridgehead atoms. The lowest BCUT2D eigenvalue weighted by Gasteiger charge is -2.17. The monoisotopic (exact) mass is 361 g/mol. The number of amides is 1. The van der Waals surface area contributed by atoms with Crippen LogP contribution in [-0.4, -0.2) is 24.6 Å². The average Bonchev–Trinajstić information content (AvgIpc) is 2.58. The summed E-state index contributed by atoms with van der Waals surface area (Å²) in [5.74, 6) is -0.329. The minimum Gasteiger partial charge on any atom is -0.479 e. The molecule has 0 aliphatic rings. The van der Waals surface area contributed by atoms with Crippen molar-refractivity contribution in [2.45, 2.75) is 26.9 Å². The fourth-order valence-corrected chi connectivity index (χ4v) is 2.40. The normalized spacial score (nSPS) is 11.5. The van der Waals surface area contributed by atoms with Gasteiger partial charge in [0.05, 0.1) is 17.2 Å². The predicted molar refractivity (Wildman–Crippen MR) is 97.3 cm³/mol. The Morgan fingerprint density at radius 2 is 1.88 bits per heavy atom. The van der Waals surface area contributed by atoms with Crippen molar-refractivity contribution in [2.24, 2.45) is 0 Å². The second kappa shape index (κ2) is 8.53. The topological polar surface area (TPSA) is 64.6 Å². The molecule has 0 spiro atoms. The van der Waals surface area contributed by atoms with Gasteiger partial charge in [-0.1, -0.05) is 29.8 Å². The number of hydrogen-bond donors (Lipinski definition) is 1. The number of hydrogen-bond acceptors (Lipinski definition) is 4. The van der Waals surface area contributed by atoms with E-state index in [1.54, 1.807) is 63.2 Å². The molecule has 1 atom stereocenters. The fraction of sp³-hybridized carbons (Fsp3) is 0.263. The Labute approximate surface area is 151 Å². The molecule has 0 aromatic heterocycles. The summed E-state index contributed by atoms with van der Waals surface area (Å²) in [6, 6.07) is 12.0. The molecule has 0 heterocycles. The van der Waals surface area contributed by atoms with Crippen molar-refractivity contribution in [2.75, 3.05) is 11.9 Å². The summed E-state index contributed by atoms with van der Waals surface area (Å²) in [5, 5.41) is 3.21. The lowest BCUT2D eigenvalue weighted by Crippen LogP contribution is -2.30. The molecule has 2 rings (SSSR count). The van der Waals surface area contributed by atoms with Crippen LogP contribution in [0.5, 0.6) is 5.75 Å². The predicted octanol–water partition coefficient (Wildman–Crippen LogP) is 4.23. The first-order valence-electron chi connectivity index (χ1n) is 7.92. The van der Waals surface area contributed by atoms with E-state index in [-0.39, 0.29) is 12.5 Å². The molecule has 25 heavy (non-hydrogen) atoms. The fourth-order valence-electron chi connectivity index (χ4n) is 2.22. The van der Waals surface area contributed by atoms with Crippen molar-refractivity contribution in [1.29, 1.82) is 0 Å². The van der Waals surface area contributed by atoms with Gasteiger partial charge in [-0.25, -0.2) is 4.79 Å². The number of halogens is 1. The molecule has 6 heteroatoms. The van der Waals surface area contributed by atoms with Gasteiger partial charge in [-0.15, -0.1) is 0 Å². The first-order valence-corrected chi connectivity index (χ1v) is 8.30. The second-order valence-corrected chi connectivity index (χ2v) is 5.79. The van der Waals surface area contributed by atoms with Gasteiger partial charge in [0.2, 0.25) is 0 Å². The molecule has 0 unspecified atom stereocenters. The van der Waals surface area contributed by atoms with E-state index in [0.717, 1.165) is 0 Å². The summed E-state index contributed by atoms with van der Waals surface area (Å²) in [6.07, 6.45) is -0.759. The largest absolute Gasteiger partial charge is 0.479 e. The number of esters is 1. The zero-order chi connectivity index (χ0) is 18.4. The third-order valence-corrected chi connectivity index (χ3v) is 3.91. The highest BCUT2D eigenvalue weighted by Gasteiger charge is 2.19. The summed E-state index contributed by atoms with van der Waals surface area (Å²) in [5.41, 5.74) is 1.59. The van der Waals surface area contributed by atoms with Crippen molar-refractivity contribution < 1.29 is 19.1 Å². The van der Waals surface area contributed by atoms with Crippen LogP contribution in [0.1, 0.15) is 29.8 Å². The van der Waals surface area contributed by atoms with Gasteiger partial charge in [-0.05, 0) is 50.6 Å². The van der Waals surface area contributed by atoms with Crippen LogP contribution in [0.3, 0.4) is 0 Å². The van der Waals surface area contributed by atoms with E-state index in [2.05, 4.69) is 5.32 Å². The van der Waals surface area contributed by atoms with Crippen molar-refractivity contribution >= 4 is 29.2 Å². The van der Waals surface area contributed by atoms with E-state index in [1.165, 1.54) is 0 Å². The maximum Gasteiger partial charge on any atom is 0.338 e. The molecule has 132 valence electrons. The number of para-hydroxylation sites is 1. The molecule has 0 saturated carbocycles. The van der Waals surface area contributed by atoms with E-state index in [4.69, 9.17) is 21.1 Å². The lowest BCUT2D eigenvalue weighted by atomic mass is 10.1. The van der Waals surface area contributed by atoms with Gasteiger partial charge in [0.25, 0.3) is 5.91 Å². The smallest absolute Gasteiger partial charge is 0.338 e. The highest BCUT2D eigenvalue weighted by atomic mass is 35.5. The van der Waals surface area contributed by atoms with E-state index in [1.807, 2.05) is 0 Å². The van der Waals surface area contributed by atoms with Crippen LogP contribution in [-0.2, 0) is 9.53 Å². The summed E-state index contributed by atoms with van der Waals surface area (Å²) in [4.78, 5) is 24.3. The van der Waals surface area contributed by atoms with E-state index in [9.17, 15) is 9.59 Å². The maximum atomic E-state index is 12.4. The molecule has 1 amide bonds. The minimum atomic E-state index is -0.759. The standard InChI is InChI=1S/C19H20ClNO4/c1-4-24-19(23)14-8-7-10-16(12(14)2)21-18(22)13(3)25-17-11-6-5-9-15(17)20/h5-11,13H,4H2,1-3H3,(H,21,22)/t13-/m1/s1. The number of carbonyl (C=O) groups is 2. The van der Waals surface area contributed by atoms with Crippen LogP contribution in [0.25, 0.3) is 0 Å². The van der Waals surface area contributed by atoms with E-state index in [0.29, 0.717) is 27.6 Å². The first-order chi connectivity index (χ1) is 11.9. The SMILES string of the molecule is CCOC(=O)c1cccc(NC(=O)[C@@H](C)Oc2ccccc2Cl)c1C. The molecular weight excluding hydrogens is 342 g/mol. The molecule has 2 aromatic carbocycles. The summed E-state index contributed by atoms with van der Waals surface area (Å²) in [6.45, 7) is 5.41. The van der Waals surface area contributed by atoms with Crippen molar-refractivity contribution in [3.8, 4) is 5.75 Å². The van der Waals surface area contributed by atoms with Gasteiger partial charge in [0, 0.05) is 5.69 Å². The van der Waals surface area contributed by atoms with Crippen LogP contribution in [0.15, 0.2) is 42.5 Å². The van der Waals surface area contributed by atoms with E-state index >= 15 is 0 Å². The number of anilines is 1. The molecule has 0 fully saturated rings. The Hall–Kier alpha value is -2.53. The molecule has 5 nitrogen and oxygen atoms in total. The summed E-state index contributed by atoms with van der Waals surface area (Å²) in [7, 11) is 0. The van der Waals surface area contributed by atoms with Crippen LogP contribution >= 0.6 is 11.6 Å². The molecule has 1 N–H and O–H groups in total. The Morgan fingerprint density at radius 1 is 1.16 bits per heavy atom. The Morgan fingerprint density at radius 3 is 2.56 bits per heavy atom. The molecule has 0 saturated heterocycles. The van der Waals surface area contributed by atoms with Crippen LogP contribution in [0.2, 0.25) is 5.02 Å². The first kappa shape index (κ1) is 18.8. The number of carbonyl (C=O) groups excluding carboxylic acids is 2. The van der Waals surface area contributed by atoms with Gasteiger partial charge < -0.3 is 14.8 Å². The molecule has 0 aliphatic carbocycles. The zero-order valence-corrected chi connectivity index (χ0v) is 15.1. The quantitative estimate of drug-likeness (QED) is 0.782. The Bertz CT molecular complexity index is 776. The van der Waals surface area contributed by atoms with Gasteiger partial charge >= 0.3 is 5.97 Å². The molecule has 0 aliphatic heterocycles. The summed E-state index contributed by atoms with van der Waals surface area (Å²) < 4.78 is 10.6. The van der Waals surface area contributed by atoms with Crippen LogP contribution in [0, 0.1) is 6.92 Å². The van der Waals surface area contributed by atoms with Gasteiger partial charge in [-0.2, -0.15) is 0 Å². The van der Waals surface area contributed by atoms with Crippen LogP contribution < -0.4 is 10.1 Å². The maximum absolute atomic E-state index is 12.4. The number of nitrogens with one attached hydrogen (secondary N) is 1. The van der Waals surface area contributed by atoms with Gasteiger partial charge in [0.15, 0.2) is 6.10 Å². The third kappa shape index (κ3) is 4.73. The number of ether oxygens (including phenoxy) is 2. The highest BCUT2D eigenvalue weighted by Crippen LogP contribution is 2.25. The van der Waals surface area contributed by atoms with Crippen molar-refractivity contribution in [3.05, 3.63) is 58.6 Å². The third-order valence-electron chi connectivity index (χ3n) is 3.60. The molecule has 0 radical (unpaired) electrons. The average molecular weight is 362 g/mol. The highest BCUT2D eigenvalue weighted by molar-refractivity contribution is 6.32. The lowest BCUT2D eigenvalue weighted by molar-refractivity contribution is -0.122. The number of rotatable bonds is 6. The van der Waals surface area contributed by atoms with Gasteiger partial charge in [0.1, 0.15) is 5.75 Å². The van der Waals surface area contributed by atoms with Crippen molar-refractivity contribution in [3.63, 3.8) is 0 Å². The Kier molecular flexibility index (Phi) is 6.42. The van der Waals surface area contributed by atoms with Gasteiger partial charge in [-0.3, -0.25) is 4.79 Å². The molecule has 2 aromatic rings. The minimum absolute atomic E-state index is 0.289. The van der Waals surface area contributed by atoms with Crippen molar-refractivity contribution in [1.82, 2.24) is 0 Å². The number of benzene rings is 2. The molecular formula is C19H20ClNO4.